The number of hydrogen-bond donors (Lipinski definition) is 0. The molecule has 24 heavy (non-hydrogen) atoms. The van der Waals surface area contributed by atoms with E-state index in [4.69, 9.17) is 0 Å². The summed E-state index contributed by atoms with van der Waals surface area (Å²) >= 11 is 0. The van der Waals surface area contributed by atoms with Crippen molar-refractivity contribution in [3.8, 4) is 33.6 Å². The van der Waals surface area contributed by atoms with Crippen molar-refractivity contribution in [2.75, 3.05) is 0 Å². The third-order valence-electron chi connectivity index (χ3n) is 4.10. The van der Waals surface area contributed by atoms with Gasteiger partial charge in [0, 0.05) is 66.5 Å². The minimum atomic E-state index is 1.08. The Morgan fingerprint density at radius 1 is 0.708 bits per heavy atom. The lowest BCUT2D eigenvalue weighted by Crippen LogP contribution is -1.96. The van der Waals surface area contributed by atoms with Gasteiger partial charge in [-0.25, -0.2) is 0 Å². The lowest BCUT2D eigenvalue weighted by atomic mass is 10.0. The molecule has 0 saturated carbocycles. The van der Waals surface area contributed by atoms with Crippen LogP contribution in [0.15, 0.2) is 79.6 Å². The van der Waals surface area contributed by atoms with Crippen molar-refractivity contribution in [2.45, 2.75) is 0 Å². The normalized spacial score (nSPS) is 10.7. The van der Waals surface area contributed by atoms with Crippen LogP contribution in [0.3, 0.4) is 0 Å². The molecular formula is C20H16N4. The van der Waals surface area contributed by atoms with Gasteiger partial charge < -0.3 is 4.57 Å². The highest BCUT2D eigenvalue weighted by Gasteiger charge is 2.17. The predicted molar refractivity (Wildman–Crippen MR) is 95.1 cm³/mol. The topological polar surface area (TPSA) is 43.6 Å². The molecule has 0 unspecified atom stereocenters. The molecule has 4 nitrogen and oxygen atoms in total. The van der Waals surface area contributed by atoms with Crippen molar-refractivity contribution >= 4 is 0 Å². The maximum atomic E-state index is 4.28. The van der Waals surface area contributed by atoms with E-state index in [0.29, 0.717) is 0 Å². The molecular weight excluding hydrogens is 296 g/mol. The van der Waals surface area contributed by atoms with Gasteiger partial charge >= 0.3 is 0 Å². The Kier molecular flexibility index (Phi) is 3.63. The zero-order chi connectivity index (χ0) is 16.4. The summed E-state index contributed by atoms with van der Waals surface area (Å²) < 4.78 is 2.19. The average molecular weight is 312 g/mol. The first-order valence-electron chi connectivity index (χ1n) is 7.75. The van der Waals surface area contributed by atoms with Gasteiger partial charge in [-0.1, -0.05) is 6.07 Å². The molecule has 0 bridgehead atoms. The molecule has 0 aliphatic rings. The van der Waals surface area contributed by atoms with E-state index in [1.807, 2.05) is 36.8 Å². The van der Waals surface area contributed by atoms with Gasteiger partial charge in [0.1, 0.15) is 0 Å². The third-order valence-corrected chi connectivity index (χ3v) is 4.10. The summed E-state index contributed by atoms with van der Waals surface area (Å²) in [7, 11) is 2.07. The molecule has 0 aliphatic heterocycles. The van der Waals surface area contributed by atoms with E-state index in [1.54, 1.807) is 18.6 Å². The molecule has 0 aromatic carbocycles. The van der Waals surface area contributed by atoms with Crippen LogP contribution in [-0.4, -0.2) is 19.5 Å². The second-order valence-electron chi connectivity index (χ2n) is 5.58. The minimum absolute atomic E-state index is 1.08. The Balaban J connectivity index is 1.99. The minimum Gasteiger partial charge on any atom is -0.343 e. The summed E-state index contributed by atoms with van der Waals surface area (Å²) in [6.45, 7) is 0. The number of aromatic nitrogens is 4. The second-order valence-corrected chi connectivity index (χ2v) is 5.58. The Hall–Kier alpha value is -3.27. The number of nitrogens with zero attached hydrogens (tertiary/aromatic N) is 4. The van der Waals surface area contributed by atoms with Crippen molar-refractivity contribution < 1.29 is 0 Å². The quantitative estimate of drug-likeness (QED) is 0.569. The van der Waals surface area contributed by atoms with Gasteiger partial charge in [0.15, 0.2) is 0 Å². The average Bonchev–Trinajstić information content (AvgIpc) is 3.01. The first kappa shape index (κ1) is 14.3. The van der Waals surface area contributed by atoms with Crippen LogP contribution in [0.4, 0.5) is 0 Å². The monoisotopic (exact) mass is 312 g/mol. The highest BCUT2D eigenvalue weighted by molar-refractivity contribution is 5.86. The van der Waals surface area contributed by atoms with E-state index in [9.17, 15) is 0 Å². The highest BCUT2D eigenvalue weighted by Crippen LogP contribution is 2.37. The smallest absolute Gasteiger partial charge is 0.0578 e. The summed E-state index contributed by atoms with van der Waals surface area (Å²) in [5, 5.41) is 0. The number of pyridine rings is 3. The Morgan fingerprint density at radius 2 is 1.25 bits per heavy atom. The number of hydrogen-bond acceptors (Lipinski definition) is 3. The van der Waals surface area contributed by atoms with Crippen LogP contribution in [0, 0.1) is 0 Å². The second kappa shape index (κ2) is 6.08. The Morgan fingerprint density at radius 3 is 1.79 bits per heavy atom. The zero-order valence-electron chi connectivity index (χ0n) is 13.3. The molecule has 4 heterocycles. The molecule has 4 rings (SSSR count). The van der Waals surface area contributed by atoms with Crippen LogP contribution in [0.2, 0.25) is 0 Å². The Labute approximate surface area is 140 Å². The van der Waals surface area contributed by atoms with Crippen molar-refractivity contribution in [3.63, 3.8) is 0 Å². The first-order chi connectivity index (χ1) is 11.8. The molecule has 0 atom stereocenters. The fourth-order valence-corrected chi connectivity index (χ4v) is 2.99. The van der Waals surface area contributed by atoms with Gasteiger partial charge in [0.2, 0.25) is 0 Å². The van der Waals surface area contributed by atoms with Crippen LogP contribution >= 0.6 is 0 Å². The van der Waals surface area contributed by atoms with Gasteiger partial charge in [-0.15, -0.1) is 0 Å². The molecule has 0 spiro atoms. The Bertz CT molecular complexity index is 945. The summed E-state index contributed by atoms with van der Waals surface area (Å²) in [6, 6.07) is 14.3. The van der Waals surface area contributed by atoms with Crippen molar-refractivity contribution in [1.29, 1.82) is 0 Å². The molecule has 4 aromatic rings. The molecule has 0 N–H and O–H groups in total. The fourth-order valence-electron chi connectivity index (χ4n) is 2.99. The van der Waals surface area contributed by atoms with Gasteiger partial charge in [0.25, 0.3) is 0 Å². The SMILES string of the molecule is Cn1c(-c2cccnc2)cc(-c2cccnc2)c1-c1cccnc1. The lowest BCUT2D eigenvalue weighted by molar-refractivity contribution is 0.944. The highest BCUT2D eigenvalue weighted by atomic mass is 15.0. The molecule has 0 fully saturated rings. The summed E-state index contributed by atoms with van der Waals surface area (Å²) in [6.07, 6.45) is 11.0. The molecule has 0 amide bonds. The zero-order valence-corrected chi connectivity index (χ0v) is 13.3. The maximum Gasteiger partial charge on any atom is 0.0578 e. The van der Waals surface area contributed by atoms with E-state index in [-0.39, 0.29) is 0 Å². The van der Waals surface area contributed by atoms with Crippen LogP contribution in [0.25, 0.3) is 33.6 Å². The van der Waals surface area contributed by atoms with Crippen LogP contribution in [-0.2, 0) is 7.05 Å². The molecule has 0 radical (unpaired) electrons. The van der Waals surface area contributed by atoms with Crippen molar-refractivity contribution in [3.05, 3.63) is 79.6 Å². The largest absolute Gasteiger partial charge is 0.343 e. The molecule has 0 aliphatic carbocycles. The molecule has 4 aromatic heterocycles. The summed E-state index contributed by atoms with van der Waals surface area (Å²) in [4.78, 5) is 12.8. The van der Waals surface area contributed by atoms with E-state index in [1.165, 1.54) is 0 Å². The van der Waals surface area contributed by atoms with Gasteiger partial charge in [-0.2, -0.15) is 0 Å². The predicted octanol–water partition coefficient (Wildman–Crippen LogP) is 4.21. The van der Waals surface area contributed by atoms with E-state index < -0.39 is 0 Å². The van der Waals surface area contributed by atoms with Crippen LogP contribution < -0.4 is 0 Å². The number of rotatable bonds is 3. The van der Waals surface area contributed by atoms with E-state index >= 15 is 0 Å². The summed E-state index contributed by atoms with van der Waals surface area (Å²) in [5.41, 5.74) is 6.62. The standard InChI is InChI=1S/C20H16N4/c1-24-19(16-6-3-9-22-13-16)11-18(15-5-2-8-21-12-15)20(24)17-7-4-10-23-14-17/h2-14H,1H3. The molecule has 4 heteroatoms. The molecule has 116 valence electrons. The molecule has 0 saturated heterocycles. The lowest BCUT2D eigenvalue weighted by Gasteiger charge is -2.09. The fraction of sp³-hybridized carbons (Fsp3) is 0.0500. The van der Waals surface area contributed by atoms with Crippen molar-refractivity contribution in [2.24, 2.45) is 7.05 Å². The first-order valence-corrected chi connectivity index (χ1v) is 7.75. The third kappa shape index (κ3) is 2.48. The van der Waals surface area contributed by atoms with Gasteiger partial charge in [-0.05, 0) is 36.4 Å². The summed E-state index contributed by atoms with van der Waals surface area (Å²) in [5.74, 6) is 0. The van der Waals surface area contributed by atoms with E-state index in [2.05, 4.69) is 50.8 Å². The van der Waals surface area contributed by atoms with Gasteiger partial charge in [0.05, 0.1) is 11.4 Å². The van der Waals surface area contributed by atoms with Crippen LogP contribution in [0.5, 0.6) is 0 Å². The maximum absolute atomic E-state index is 4.28. The van der Waals surface area contributed by atoms with E-state index in [0.717, 1.165) is 33.6 Å². The van der Waals surface area contributed by atoms with Crippen LogP contribution in [0.1, 0.15) is 0 Å². The van der Waals surface area contributed by atoms with Gasteiger partial charge in [-0.3, -0.25) is 15.0 Å². The van der Waals surface area contributed by atoms with Crippen molar-refractivity contribution in [1.82, 2.24) is 19.5 Å².